The molecule has 14 heavy (non-hydrogen) atoms. The third kappa shape index (κ3) is 1.88. The second-order valence-corrected chi connectivity index (χ2v) is 3.56. The number of nitrogens with zero attached hydrogens (tertiary/aromatic N) is 1. The number of hydrogen-bond donors (Lipinski definition) is 0. The van der Waals surface area contributed by atoms with Crippen molar-refractivity contribution in [1.29, 1.82) is 5.26 Å². The topological polar surface area (TPSA) is 57.9 Å². The fourth-order valence-electron chi connectivity index (χ4n) is 1.06. The van der Waals surface area contributed by atoms with Crippen molar-refractivity contribution < 1.29 is 9.59 Å². The summed E-state index contributed by atoms with van der Waals surface area (Å²) in [6, 6.07) is 4.79. The lowest BCUT2D eigenvalue weighted by Crippen LogP contribution is -1.99. The summed E-state index contributed by atoms with van der Waals surface area (Å²) in [6.45, 7) is 1.36. The van der Waals surface area contributed by atoms with E-state index >= 15 is 0 Å². The molecule has 0 spiro atoms. The Morgan fingerprint density at radius 3 is 2.64 bits per heavy atom. The van der Waals surface area contributed by atoms with Crippen molar-refractivity contribution in [3.63, 3.8) is 0 Å². The molecule has 0 atom stereocenters. The van der Waals surface area contributed by atoms with Crippen LogP contribution in [0.4, 0.5) is 0 Å². The normalized spacial score (nSPS) is 9.21. The summed E-state index contributed by atoms with van der Waals surface area (Å²) in [4.78, 5) is 21.7. The molecule has 4 heteroatoms. The van der Waals surface area contributed by atoms with Gasteiger partial charge in [-0.25, -0.2) is 0 Å². The number of aldehydes is 1. The molecule has 0 saturated carbocycles. The van der Waals surface area contributed by atoms with E-state index in [1.807, 2.05) is 6.07 Å². The highest BCUT2D eigenvalue weighted by molar-refractivity contribution is 9.10. The summed E-state index contributed by atoms with van der Waals surface area (Å²) in [6.07, 6.45) is 0.637. The van der Waals surface area contributed by atoms with Crippen LogP contribution in [0.1, 0.15) is 33.2 Å². The van der Waals surface area contributed by atoms with Gasteiger partial charge < -0.3 is 0 Å². The Labute approximate surface area is 89.5 Å². The second-order valence-electron chi connectivity index (χ2n) is 2.71. The maximum atomic E-state index is 11.1. The van der Waals surface area contributed by atoms with Gasteiger partial charge in [0.2, 0.25) is 0 Å². The molecule has 1 rings (SSSR count). The van der Waals surface area contributed by atoms with E-state index in [1.54, 1.807) is 0 Å². The van der Waals surface area contributed by atoms with Crippen molar-refractivity contribution >= 4 is 28.0 Å². The predicted octanol–water partition coefficient (Wildman–Crippen LogP) is 2.34. The van der Waals surface area contributed by atoms with E-state index in [9.17, 15) is 9.59 Å². The van der Waals surface area contributed by atoms with Crippen LogP contribution in [-0.2, 0) is 0 Å². The number of benzene rings is 1. The molecule has 0 saturated heterocycles. The Morgan fingerprint density at radius 1 is 1.57 bits per heavy atom. The van der Waals surface area contributed by atoms with Gasteiger partial charge in [0.1, 0.15) is 0 Å². The van der Waals surface area contributed by atoms with Crippen LogP contribution in [0, 0.1) is 11.3 Å². The first-order chi connectivity index (χ1) is 6.60. The molecular formula is C10H6BrNO2. The molecule has 0 N–H and O–H groups in total. The summed E-state index contributed by atoms with van der Waals surface area (Å²) >= 11 is 3.14. The number of halogens is 1. The Balaban J connectivity index is 3.49. The minimum Gasteiger partial charge on any atom is -0.298 e. The molecule has 70 valence electrons. The minimum atomic E-state index is -0.225. The van der Waals surface area contributed by atoms with Gasteiger partial charge >= 0.3 is 0 Å². The lowest BCUT2D eigenvalue weighted by Gasteiger charge is -2.02. The van der Waals surface area contributed by atoms with Gasteiger partial charge in [-0.1, -0.05) is 15.9 Å². The Bertz CT molecular complexity index is 446. The Morgan fingerprint density at radius 2 is 2.21 bits per heavy atom. The summed E-state index contributed by atoms with van der Waals surface area (Å²) in [5, 5.41) is 8.74. The van der Waals surface area contributed by atoms with E-state index in [4.69, 9.17) is 5.26 Å². The van der Waals surface area contributed by atoms with Gasteiger partial charge in [-0.2, -0.15) is 5.26 Å². The fraction of sp³-hybridized carbons (Fsp3) is 0.100. The molecule has 0 heterocycles. The quantitative estimate of drug-likeness (QED) is 0.599. The molecule has 0 unspecified atom stereocenters. The van der Waals surface area contributed by atoms with Crippen LogP contribution in [0.3, 0.4) is 0 Å². The number of carbonyl (C=O) groups excluding carboxylic acids is 2. The number of ketones is 1. The molecule has 1 aromatic carbocycles. The van der Waals surface area contributed by atoms with Crippen molar-refractivity contribution in [3.8, 4) is 6.07 Å². The number of carbonyl (C=O) groups is 2. The van der Waals surface area contributed by atoms with Gasteiger partial charge in [0.05, 0.1) is 11.6 Å². The predicted molar refractivity (Wildman–Crippen MR) is 54.2 cm³/mol. The summed E-state index contributed by atoms with van der Waals surface area (Å²) < 4.78 is 0.522. The molecule has 0 fully saturated rings. The highest BCUT2D eigenvalue weighted by Crippen LogP contribution is 2.20. The largest absolute Gasteiger partial charge is 0.298 e. The van der Waals surface area contributed by atoms with Crippen molar-refractivity contribution in [1.82, 2.24) is 0 Å². The SMILES string of the molecule is CC(=O)c1cc(C=O)c(Br)cc1C#N. The van der Waals surface area contributed by atoms with Gasteiger partial charge in [0, 0.05) is 15.6 Å². The third-order valence-corrected chi connectivity index (χ3v) is 2.45. The summed E-state index contributed by atoms with van der Waals surface area (Å²) in [5.74, 6) is -0.225. The van der Waals surface area contributed by atoms with Crippen LogP contribution in [0.15, 0.2) is 16.6 Å². The van der Waals surface area contributed by atoms with Crippen LogP contribution in [0.5, 0.6) is 0 Å². The second kappa shape index (κ2) is 4.16. The number of Topliss-reactive ketones (excluding diaryl/α,β-unsaturated/α-hetero) is 1. The molecule has 0 aromatic heterocycles. The summed E-state index contributed by atoms with van der Waals surface area (Å²) in [5.41, 5.74) is 0.918. The van der Waals surface area contributed by atoms with Gasteiger partial charge in [0.25, 0.3) is 0 Å². The average Bonchev–Trinajstić information content (AvgIpc) is 2.16. The monoisotopic (exact) mass is 251 g/mol. The third-order valence-electron chi connectivity index (χ3n) is 1.76. The number of hydrogen-bond acceptors (Lipinski definition) is 3. The van der Waals surface area contributed by atoms with Crippen molar-refractivity contribution in [2.24, 2.45) is 0 Å². The first-order valence-electron chi connectivity index (χ1n) is 3.80. The van der Waals surface area contributed by atoms with Gasteiger partial charge in [0.15, 0.2) is 12.1 Å². The first-order valence-corrected chi connectivity index (χ1v) is 4.59. The number of rotatable bonds is 2. The van der Waals surface area contributed by atoms with E-state index in [0.717, 1.165) is 0 Å². The molecule has 1 aromatic rings. The molecule has 0 aliphatic heterocycles. The average molecular weight is 252 g/mol. The molecule has 0 aliphatic carbocycles. The summed E-state index contributed by atoms with van der Waals surface area (Å²) in [7, 11) is 0. The van der Waals surface area contributed by atoms with Gasteiger partial charge in [-0.3, -0.25) is 9.59 Å². The van der Waals surface area contributed by atoms with E-state index in [-0.39, 0.29) is 16.9 Å². The minimum absolute atomic E-state index is 0.225. The van der Waals surface area contributed by atoms with Crippen molar-refractivity contribution in [3.05, 3.63) is 33.3 Å². The molecule has 0 bridgehead atoms. The standard InChI is InChI=1S/C10H6BrNO2/c1-6(14)9-2-8(5-13)10(11)3-7(9)4-12/h2-3,5H,1H3. The maximum absolute atomic E-state index is 11.1. The van der Waals surface area contributed by atoms with Crippen LogP contribution in [0.25, 0.3) is 0 Å². The van der Waals surface area contributed by atoms with Crippen LogP contribution >= 0.6 is 15.9 Å². The van der Waals surface area contributed by atoms with Crippen molar-refractivity contribution in [2.75, 3.05) is 0 Å². The van der Waals surface area contributed by atoms with Gasteiger partial charge in [-0.15, -0.1) is 0 Å². The maximum Gasteiger partial charge on any atom is 0.161 e. The zero-order valence-corrected chi connectivity index (χ0v) is 8.96. The van der Waals surface area contributed by atoms with Crippen LogP contribution < -0.4 is 0 Å². The van der Waals surface area contributed by atoms with E-state index < -0.39 is 0 Å². The lowest BCUT2D eigenvalue weighted by atomic mass is 10.0. The van der Waals surface area contributed by atoms with Crippen LogP contribution in [0.2, 0.25) is 0 Å². The van der Waals surface area contributed by atoms with E-state index in [0.29, 0.717) is 16.3 Å². The lowest BCUT2D eigenvalue weighted by molar-refractivity contribution is 0.101. The molecule has 0 radical (unpaired) electrons. The van der Waals surface area contributed by atoms with E-state index in [2.05, 4.69) is 15.9 Å². The zero-order chi connectivity index (χ0) is 10.7. The zero-order valence-electron chi connectivity index (χ0n) is 7.37. The number of nitriles is 1. The van der Waals surface area contributed by atoms with Gasteiger partial charge in [-0.05, 0) is 19.1 Å². The first kappa shape index (κ1) is 10.6. The highest BCUT2D eigenvalue weighted by Gasteiger charge is 2.10. The molecule has 3 nitrogen and oxygen atoms in total. The fourth-order valence-corrected chi connectivity index (χ4v) is 1.50. The van der Waals surface area contributed by atoms with E-state index in [1.165, 1.54) is 19.1 Å². The Hall–Kier alpha value is -1.47. The highest BCUT2D eigenvalue weighted by atomic mass is 79.9. The van der Waals surface area contributed by atoms with Crippen molar-refractivity contribution in [2.45, 2.75) is 6.92 Å². The molecule has 0 amide bonds. The van der Waals surface area contributed by atoms with Crippen LogP contribution in [-0.4, -0.2) is 12.1 Å². The smallest absolute Gasteiger partial charge is 0.161 e. The molecular weight excluding hydrogens is 246 g/mol. The Kier molecular flexibility index (Phi) is 3.15. The molecule has 0 aliphatic rings.